The molecule has 0 N–H and O–H groups in total. The van der Waals surface area contributed by atoms with Gasteiger partial charge >= 0.3 is 5.97 Å². The molecule has 2 aromatic carbocycles. The summed E-state index contributed by atoms with van der Waals surface area (Å²) in [6.07, 6.45) is 1.62. The zero-order valence-corrected chi connectivity index (χ0v) is 20.0. The predicted octanol–water partition coefficient (Wildman–Crippen LogP) is 3.32. The fraction of sp³-hybridized carbons (Fsp3) is 0.240. The molecule has 0 spiro atoms. The third kappa shape index (κ3) is 4.22. The Hall–Kier alpha value is -3.85. The van der Waals surface area contributed by atoms with Gasteiger partial charge in [-0.05, 0) is 44.9 Å². The van der Waals surface area contributed by atoms with Gasteiger partial charge in [-0.15, -0.1) is 0 Å². The number of allylic oxidation sites excluding steroid dienone is 1. The number of nitro benzene ring substituents is 1. The van der Waals surface area contributed by atoms with Crippen LogP contribution in [-0.2, 0) is 9.53 Å². The first-order valence-electron chi connectivity index (χ1n) is 10.7. The van der Waals surface area contributed by atoms with Gasteiger partial charge in [0.2, 0.25) is 0 Å². The van der Waals surface area contributed by atoms with Crippen LogP contribution in [0.1, 0.15) is 42.1 Å². The lowest BCUT2D eigenvalue weighted by Crippen LogP contribution is -2.39. The Kier molecular flexibility index (Phi) is 6.30. The van der Waals surface area contributed by atoms with Crippen LogP contribution in [-0.4, -0.2) is 22.1 Å². The summed E-state index contributed by atoms with van der Waals surface area (Å²) in [5, 5.41) is 11.3. The van der Waals surface area contributed by atoms with Crippen molar-refractivity contribution in [1.82, 2.24) is 4.57 Å². The largest absolute Gasteiger partial charge is 0.463 e. The second-order valence-electron chi connectivity index (χ2n) is 8.02. The summed E-state index contributed by atoms with van der Waals surface area (Å²) >= 11 is 1.18. The summed E-state index contributed by atoms with van der Waals surface area (Å²) in [6, 6.07) is 11.8. The molecule has 1 aromatic heterocycles. The van der Waals surface area contributed by atoms with Crippen molar-refractivity contribution in [3.05, 3.63) is 106 Å². The van der Waals surface area contributed by atoms with Gasteiger partial charge in [0, 0.05) is 11.6 Å². The lowest BCUT2D eigenvalue weighted by Gasteiger charge is -2.24. The van der Waals surface area contributed by atoms with E-state index in [0.29, 0.717) is 31.7 Å². The number of nitro groups is 1. The van der Waals surface area contributed by atoms with Gasteiger partial charge in [-0.1, -0.05) is 53.3 Å². The number of nitrogens with zero attached hydrogens (tertiary/aromatic N) is 3. The molecule has 0 amide bonds. The lowest BCUT2D eigenvalue weighted by molar-refractivity contribution is -0.385. The van der Waals surface area contributed by atoms with Crippen LogP contribution in [0, 0.1) is 24.0 Å². The molecule has 0 saturated carbocycles. The molecule has 1 atom stereocenters. The number of aryl methyl sites for hydroxylation is 2. The highest BCUT2D eigenvalue weighted by molar-refractivity contribution is 7.07. The first-order chi connectivity index (χ1) is 16.2. The number of esters is 1. The number of aromatic nitrogens is 1. The lowest BCUT2D eigenvalue weighted by atomic mass is 9.95. The average Bonchev–Trinajstić information content (AvgIpc) is 3.09. The molecule has 1 aliphatic rings. The SMILES string of the molecule is CCOC(=O)C1=C(C)N=c2s/c(=C/c3ccc(C)c([N+](=O)[O-])c3)c(=O)n2[C@@H]1c1ccc(C)cc1. The first kappa shape index (κ1) is 23.3. The fourth-order valence-corrected chi connectivity index (χ4v) is 4.97. The van der Waals surface area contributed by atoms with Crippen LogP contribution in [0.3, 0.4) is 0 Å². The molecule has 0 unspecified atom stereocenters. The van der Waals surface area contributed by atoms with Gasteiger partial charge in [-0.25, -0.2) is 9.79 Å². The van der Waals surface area contributed by atoms with E-state index in [1.54, 1.807) is 39.0 Å². The van der Waals surface area contributed by atoms with Crippen LogP contribution in [0.4, 0.5) is 5.69 Å². The summed E-state index contributed by atoms with van der Waals surface area (Å²) in [4.78, 5) is 42.3. The van der Waals surface area contributed by atoms with E-state index in [2.05, 4.69) is 4.99 Å². The Balaban J connectivity index is 1.94. The Labute approximate surface area is 199 Å². The van der Waals surface area contributed by atoms with Crippen molar-refractivity contribution in [3.63, 3.8) is 0 Å². The van der Waals surface area contributed by atoms with E-state index < -0.39 is 16.9 Å². The summed E-state index contributed by atoms with van der Waals surface area (Å²) in [5.41, 5.74) is 3.36. The normalized spacial score (nSPS) is 15.6. The minimum Gasteiger partial charge on any atom is -0.463 e. The molecule has 1 aliphatic heterocycles. The molecular formula is C25H23N3O5S. The van der Waals surface area contributed by atoms with Crippen molar-refractivity contribution in [2.45, 2.75) is 33.7 Å². The van der Waals surface area contributed by atoms with Crippen molar-refractivity contribution < 1.29 is 14.5 Å². The molecule has 9 heteroatoms. The monoisotopic (exact) mass is 477 g/mol. The average molecular weight is 478 g/mol. The fourth-order valence-electron chi connectivity index (χ4n) is 3.92. The van der Waals surface area contributed by atoms with Gasteiger partial charge in [0.25, 0.3) is 11.2 Å². The highest BCUT2D eigenvalue weighted by Gasteiger charge is 2.33. The Morgan fingerprint density at radius 2 is 1.91 bits per heavy atom. The molecule has 8 nitrogen and oxygen atoms in total. The predicted molar refractivity (Wildman–Crippen MR) is 129 cm³/mol. The molecule has 0 radical (unpaired) electrons. The topological polar surface area (TPSA) is 104 Å². The highest BCUT2D eigenvalue weighted by atomic mass is 32.1. The van der Waals surface area contributed by atoms with Gasteiger partial charge in [0.1, 0.15) is 0 Å². The molecule has 34 heavy (non-hydrogen) atoms. The summed E-state index contributed by atoms with van der Waals surface area (Å²) in [5.74, 6) is -0.516. The van der Waals surface area contributed by atoms with Crippen molar-refractivity contribution >= 4 is 29.1 Å². The zero-order valence-electron chi connectivity index (χ0n) is 19.2. The Bertz CT molecular complexity index is 1510. The second kappa shape index (κ2) is 9.18. The molecule has 4 rings (SSSR count). The highest BCUT2D eigenvalue weighted by Crippen LogP contribution is 2.30. The summed E-state index contributed by atoms with van der Waals surface area (Å²) in [7, 11) is 0. The van der Waals surface area contributed by atoms with Gasteiger partial charge < -0.3 is 4.74 Å². The number of fused-ring (bicyclic) bond motifs is 1. The van der Waals surface area contributed by atoms with Gasteiger partial charge in [-0.3, -0.25) is 19.5 Å². The quantitative estimate of drug-likeness (QED) is 0.319. The van der Waals surface area contributed by atoms with E-state index in [1.807, 2.05) is 31.2 Å². The van der Waals surface area contributed by atoms with Crippen molar-refractivity contribution in [2.24, 2.45) is 4.99 Å². The molecule has 0 bridgehead atoms. The van der Waals surface area contributed by atoms with E-state index in [9.17, 15) is 19.7 Å². The number of thiazole rings is 1. The van der Waals surface area contributed by atoms with Crippen molar-refractivity contribution in [3.8, 4) is 0 Å². The summed E-state index contributed by atoms with van der Waals surface area (Å²) < 4.78 is 7.16. The maximum Gasteiger partial charge on any atom is 0.338 e. The smallest absolute Gasteiger partial charge is 0.338 e. The van der Waals surface area contributed by atoms with Crippen LogP contribution < -0.4 is 14.9 Å². The third-order valence-electron chi connectivity index (χ3n) is 5.64. The van der Waals surface area contributed by atoms with Gasteiger partial charge in [0.15, 0.2) is 4.80 Å². The first-order valence-corrected chi connectivity index (χ1v) is 11.5. The Morgan fingerprint density at radius 3 is 2.56 bits per heavy atom. The van der Waals surface area contributed by atoms with E-state index in [-0.39, 0.29) is 17.9 Å². The summed E-state index contributed by atoms with van der Waals surface area (Å²) in [6.45, 7) is 7.28. The Morgan fingerprint density at radius 1 is 1.21 bits per heavy atom. The van der Waals surface area contributed by atoms with E-state index >= 15 is 0 Å². The molecule has 0 saturated heterocycles. The minimum absolute atomic E-state index is 0.0144. The van der Waals surface area contributed by atoms with E-state index in [4.69, 9.17) is 4.74 Å². The maximum absolute atomic E-state index is 13.6. The number of hydrogen-bond acceptors (Lipinski definition) is 7. The molecule has 0 aliphatic carbocycles. The molecule has 3 aromatic rings. The van der Waals surface area contributed by atoms with Crippen LogP contribution in [0.2, 0.25) is 0 Å². The minimum atomic E-state index is -0.689. The standard InChI is InChI=1S/C25H23N3O5S/c1-5-33-24(30)21-16(4)26-25-27(22(21)18-10-6-14(2)7-11-18)23(29)20(34-25)13-17-9-8-15(3)19(12-17)28(31)32/h6-13,22H,5H2,1-4H3/b20-13+/t22-/m1/s1. The van der Waals surface area contributed by atoms with Gasteiger partial charge in [0.05, 0.1) is 33.4 Å². The molecular weight excluding hydrogens is 454 g/mol. The van der Waals surface area contributed by atoms with Crippen molar-refractivity contribution in [1.29, 1.82) is 0 Å². The van der Waals surface area contributed by atoms with Crippen LogP contribution in [0.5, 0.6) is 0 Å². The van der Waals surface area contributed by atoms with Crippen LogP contribution in [0.25, 0.3) is 6.08 Å². The van der Waals surface area contributed by atoms with Crippen LogP contribution in [0.15, 0.2) is 63.5 Å². The molecule has 174 valence electrons. The van der Waals surface area contributed by atoms with E-state index in [1.165, 1.54) is 22.0 Å². The number of carbonyl (C=O) groups excluding carboxylic acids is 1. The molecule has 2 heterocycles. The van der Waals surface area contributed by atoms with Crippen molar-refractivity contribution in [2.75, 3.05) is 6.61 Å². The zero-order chi connectivity index (χ0) is 24.6. The number of ether oxygens (including phenoxy) is 1. The van der Waals surface area contributed by atoms with E-state index in [0.717, 1.165) is 11.1 Å². The maximum atomic E-state index is 13.6. The number of carbonyl (C=O) groups is 1. The number of rotatable bonds is 5. The number of hydrogen-bond donors (Lipinski definition) is 0. The molecule has 0 fully saturated rings. The second-order valence-corrected chi connectivity index (χ2v) is 9.03. The van der Waals surface area contributed by atoms with Gasteiger partial charge in [-0.2, -0.15) is 0 Å². The number of benzene rings is 2. The van der Waals surface area contributed by atoms with Crippen LogP contribution >= 0.6 is 11.3 Å². The third-order valence-corrected chi connectivity index (χ3v) is 6.62.